The van der Waals surface area contributed by atoms with Crippen molar-refractivity contribution in [3.63, 3.8) is 0 Å². The van der Waals surface area contributed by atoms with Crippen molar-refractivity contribution in [2.75, 3.05) is 10.1 Å². The average molecular weight is 402 g/mol. The molecule has 0 amide bonds. The van der Waals surface area contributed by atoms with Crippen LogP contribution in [0.15, 0.2) is 54.6 Å². The second kappa shape index (κ2) is 6.49. The molecule has 5 nitrogen and oxygen atoms in total. The standard InChI is InChI=1S/C22H27NO4S/c1-21(2)16-11-12-22(21,20(25)13-16)15-28(26,27)23(17-7-4-3-5-8-17)18-9-6-10-19(24)14-18/h3-10,14,16,20,24-25H,11-13,15H2,1-2H3. The fourth-order valence-electron chi connectivity index (χ4n) is 5.42. The minimum atomic E-state index is -3.81. The molecular formula is C22H27NO4S. The first-order chi connectivity index (χ1) is 13.2. The predicted molar refractivity (Wildman–Crippen MR) is 110 cm³/mol. The van der Waals surface area contributed by atoms with Crippen LogP contribution in [0.1, 0.15) is 33.1 Å². The highest BCUT2D eigenvalue weighted by atomic mass is 32.2. The van der Waals surface area contributed by atoms with Crippen LogP contribution in [0.4, 0.5) is 11.4 Å². The van der Waals surface area contributed by atoms with E-state index in [-0.39, 0.29) is 16.9 Å². The average Bonchev–Trinajstić information content (AvgIpc) is 2.96. The number of nitrogens with zero attached hydrogens (tertiary/aromatic N) is 1. The van der Waals surface area contributed by atoms with Gasteiger partial charge in [0, 0.05) is 11.5 Å². The summed E-state index contributed by atoms with van der Waals surface area (Å²) in [5, 5.41) is 20.7. The van der Waals surface area contributed by atoms with Gasteiger partial charge < -0.3 is 10.2 Å². The van der Waals surface area contributed by atoms with Gasteiger partial charge in [0.2, 0.25) is 10.0 Å². The summed E-state index contributed by atoms with van der Waals surface area (Å²) in [6.45, 7) is 4.19. The highest BCUT2D eigenvalue weighted by Gasteiger charge is 2.65. The second-order valence-corrected chi connectivity index (χ2v) is 10.6. The van der Waals surface area contributed by atoms with Gasteiger partial charge in [0.1, 0.15) is 5.75 Å². The van der Waals surface area contributed by atoms with Crippen LogP contribution in [0.5, 0.6) is 5.75 Å². The topological polar surface area (TPSA) is 77.8 Å². The van der Waals surface area contributed by atoms with Crippen LogP contribution in [0, 0.1) is 16.7 Å². The summed E-state index contributed by atoms with van der Waals surface area (Å²) in [5.74, 6) is 0.243. The number of benzene rings is 2. The van der Waals surface area contributed by atoms with E-state index in [1.54, 1.807) is 36.4 Å². The molecule has 0 aromatic heterocycles. The summed E-state index contributed by atoms with van der Waals surface area (Å²) in [4.78, 5) is 0. The Hall–Kier alpha value is -2.05. The van der Waals surface area contributed by atoms with Gasteiger partial charge in [0.15, 0.2) is 0 Å². The summed E-state index contributed by atoms with van der Waals surface area (Å²) < 4.78 is 28.8. The molecule has 6 heteroatoms. The molecule has 2 fully saturated rings. The Morgan fingerprint density at radius 2 is 1.75 bits per heavy atom. The maximum absolute atomic E-state index is 13.7. The van der Waals surface area contributed by atoms with Gasteiger partial charge in [-0.15, -0.1) is 0 Å². The van der Waals surface area contributed by atoms with Gasteiger partial charge in [0.25, 0.3) is 0 Å². The lowest BCUT2D eigenvalue weighted by Crippen LogP contribution is -2.47. The fraction of sp³-hybridized carbons (Fsp3) is 0.455. The molecule has 2 N–H and O–H groups in total. The third-order valence-electron chi connectivity index (χ3n) is 7.16. The van der Waals surface area contributed by atoms with Crippen molar-refractivity contribution in [2.24, 2.45) is 16.7 Å². The number of anilines is 2. The van der Waals surface area contributed by atoms with Gasteiger partial charge in [-0.05, 0) is 54.9 Å². The Kier molecular flexibility index (Phi) is 4.47. The minimum Gasteiger partial charge on any atom is -0.508 e. The fourth-order valence-corrected chi connectivity index (χ4v) is 7.79. The van der Waals surface area contributed by atoms with Crippen LogP contribution in [-0.4, -0.2) is 30.5 Å². The predicted octanol–water partition coefficient (Wildman–Crippen LogP) is 4.05. The number of phenols is 1. The van der Waals surface area contributed by atoms with E-state index in [1.807, 2.05) is 6.07 Å². The monoisotopic (exact) mass is 401 g/mol. The van der Waals surface area contributed by atoms with E-state index in [1.165, 1.54) is 16.4 Å². The summed E-state index contributed by atoms with van der Waals surface area (Å²) in [6.07, 6.45) is 1.72. The van der Waals surface area contributed by atoms with E-state index in [0.717, 1.165) is 6.42 Å². The SMILES string of the molecule is CC1(C)C2CCC1(CS(=O)(=O)N(c1ccccc1)c1cccc(O)c1)C(O)C2. The molecule has 3 unspecified atom stereocenters. The maximum atomic E-state index is 13.7. The van der Waals surface area contributed by atoms with Crippen molar-refractivity contribution in [1.82, 2.24) is 0 Å². The van der Waals surface area contributed by atoms with E-state index >= 15 is 0 Å². The number of para-hydroxylation sites is 1. The number of aliphatic hydroxyl groups is 1. The van der Waals surface area contributed by atoms with Crippen LogP contribution in [-0.2, 0) is 10.0 Å². The van der Waals surface area contributed by atoms with Gasteiger partial charge in [-0.3, -0.25) is 0 Å². The third-order valence-corrected chi connectivity index (χ3v) is 9.02. The first-order valence-electron chi connectivity index (χ1n) is 9.72. The number of aromatic hydroxyl groups is 1. The maximum Gasteiger partial charge on any atom is 0.240 e. The number of phenolic OH excluding ortho intramolecular Hbond substituents is 1. The number of rotatable bonds is 5. The van der Waals surface area contributed by atoms with Crippen molar-refractivity contribution in [1.29, 1.82) is 0 Å². The Bertz CT molecular complexity index is 973. The van der Waals surface area contributed by atoms with Gasteiger partial charge in [-0.1, -0.05) is 38.1 Å². The Morgan fingerprint density at radius 1 is 1.07 bits per heavy atom. The first-order valence-corrected chi connectivity index (χ1v) is 11.3. The van der Waals surface area contributed by atoms with Crippen molar-refractivity contribution >= 4 is 21.4 Å². The molecule has 150 valence electrons. The molecular weight excluding hydrogens is 374 g/mol. The van der Waals surface area contributed by atoms with Crippen molar-refractivity contribution in [3.05, 3.63) is 54.6 Å². The summed E-state index contributed by atoms with van der Waals surface area (Å²) in [7, 11) is -3.81. The lowest BCUT2D eigenvalue weighted by molar-refractivity contribution is 0.0153. The summed E-state index contributed by atoms with van der Waals surface area (Å²) in [6, 6.07) is 15.2. The number of sulfonamides is 1. The largest absolute Gasteiger partial charge is 0.508 e. The number of fused-ring (bicyclic) bond motifs is 2. The lowest BCUT2D eigenvalue weighted by atomic mass is 9.70. The molecule has 2 aliphatic carbocycles. The highest BCUT2D eigenvalue weighted by molar-refractivity contribution is 7.93. The molecule has 2 saturated carbocycles. The van der Waals surface area contributed by atoms with Crippen LogP contribution in [0.3, 0.4) is 0 Å². The molecule has 0 aliphatic heterocycles. The van der Waals surface area contributed by atoms with E-state index in [9.17, 15) is 18.6 Å². The van der Waals surface area contributed by atoms with Gasteiger partial charge in [-0.2, -0.15) is 0 Å². The van der Waals surface area contributed by atoms with E-state index < -0.39 is 21.5 Å². The molecule has 3 atom stereocenters. The van der Waals surface area contributed by atoms with E-state index in [0.29, 0.717) is 30.1 Å². The van der Waals surface area contributed by atoms with E-state index in [2.05, 4.69) is 13.8 Å². The molecule has 4 rings (SSSR count). The molecule has 2 aliphatic rings. The Balaban J connectivity index is 1.80. The number of hydrogen-bond donors (Lipinski definition) is 2. The zero-order valence-corrected chi connectivity index (χ0v) is 17.1. The van der Waals surface area contributed by atoms with Gasteiger partial charge in [0.05, 0.1) is 23.2 Å². The molecule has 0 heterocycles. The van der Waals surface area contributed by atoms with Crippen molar-refractivity contribution in [3.8, 4) is 5.75 Å². The smallest absolute Gasteiger partial charge is 0.240 e. The summed E-state index contributed by atoms with van der Waals surface area (Å²) in [5.41, 5.74) is 0.0212. The van der Waals surface area contributed by atoms with Gasteiger partial charge >= 0.3 is 0 Å². The zero-order chi connectivity index (χ0) is 20.2. The minimum absolute atomic E-state index is 0.00829. The molecule has 2 bridgehead atoms. The number of aliphatic hydroxyl groups excluding tert-OH is 1. The lowest BCUT2D eigenvalue weighted by Gasteiger charge is -2.41. The van der Waals surface area contributed by atoms with E-state index in [4.69, 9.17) is 0 Å². The molecule has 2 aromatic rings. The highest BCUT2D eigenvalue weighted by Crippen LogP contribution is 2.66. The van der Waals surface area contributed by atoms with Gasteiger partial charge in [-0.25, -0.2) is 12.7 Å². The second-order valence-electron chi connectivity index (χ2n) is 8.74. The van der Waals surface area contributed by atoms with Crippen LogP contribution in [0.25, 0.3) is 0 Å². The number of hydrogen-bond acceptors (Lipinski definition) is 4. The Morgan fingerprint density at radius 3 is 2.32 bits per heavy atom. The zero-order valence-electron chi connectivity index (χ0n) is 16.2. The van der Waals surface area contributed by atoms with Crippen molar-refractivity contribution in [2.45, 2.75) is 39.2 Å². The molecule has 28 heavy (non-hydrogen) atoms. The molecule has 0 spiro atoms. The molecule has 0 saturated heterocycles. The quantitative estimate of drug-likeness (QED) is 0.792. The normalized spacial score (nSPS) is 28.4. The third kappa shape index (κ3) is 2.81. The van der Waals surface area contributed by atoms with Crippen LogP contribution < -0.4 is 4.31 Å². The Labute approximate surface area is 166 Å². The van der Waals surface area contributed by atoms with Crippen LogP contribution >= 0.6 is 0 Å². The molecule has 0 radical (unpaired) electrons. The summed E-state index contributed by atoms with van der Waals surface area (Å²) >= 11 is 0. The van der Waals surface area contributed by atoms with Crippen LogP contribution in [0.2, 0.25) is 0 Å². The first kappa shape index (κ1) is 19.3. The van der Waals surface area contributed by atoms with Crippen molar-refractivity contribution < 1.29 is 18.6 Å². The molecule has 2 aromatic carbocycles.